The molecule has 0 unspecified atom stereocenters. The number of amides is 1. The standard InChI is InChI=1S/C13H13N3O2S/c17-13(8-1-2-8)16-5-10(6-16)12-14-11(15-18-12)9-3-4-19-7-9/h3-4,7-8,10H,1-2,5-6H2. The summed E-state index contributed by atoms with van der Waals surface area (Å²) in [4.78, 5) is 18.1. The van der Waals surface area contributed by atoms with Crippen molar-refractivity contribution in [2.45, 2.75) is 18.8 Å². The molecule has 4 rings (SSSR count). The zero-order chi connectivity index (χ0) is 12.8. The Balaban J connectivity index is 1.43. The molecule has 2 fully saturated rings. The zero-order valence-corrected chi connectivity index (χ0v) is 11.1. The van der Waals surface area contributed by atoms with Crippen molar-refractivity contribution in [1.82, 2.24) is 15.0 Å². The smallest absolute Gasteiger partial charge is 0.233 e. The van der Waals surface area contributed by atoms with E-state index < -0.39 is 0 Å². The second-order valence-corrected chi connectivity index (χ2v) is 5.96. The van der Waals surface area contributed by atoms with E-state index in [0.29, 0.717) is 23.5 Å². The molecule has 1 aliphatic heterocycles. The molecule has 1 saturated carbocycles. The molecule has 3 heterocycles. The van der Waals surface area contributed by atoms with Gasteiger partial charge in [-0.3, -0.25) is 4.79 Å². The highest BCUT2D eigenvalue weighted by atomic mass is 32.1. The molecule has 98 valence electrons. The van der Waals surface area contributed by atoms with E-state index in [1.807, 2.05) is 21.7 Å². The topological polar surface area (TPSA) is 59.2 Å². The highest BCUT2D eigenvalue weighted by molar-refractivity contribution is 7.08. The molecule has 1 saturated heterocycles. The van der Waals surface area contributed by atoms with Gasteiger partial charge in [0.2, 0.25) is 17.6 Å². The molecular formula is C13H13N3O2S. The van der Waals surface area contributed by atoms with Crippen LogP contribution in [0.1, 0.15) is 24.7 Å². The predicted molar refractivity (Wildman–Crippen MR) is 69.7 cm³/mol. The monoisotopic (exact) mass is 275 g/mol. The van der Waals surface area contributed by atoms with Gasteiger partial charge >= 0.3 is 0 Å². The fourth-order valence-electron chi connectivity index (χ4n) is 2.31. The fourth-order valence-corrected chi connectivity index (χ4v) is 2.95. The van der Waals surface area contributed by atoms with Gasteiger partial charge in [0.1, 0.15) is 0 Å². The first kappa shape index (κ1) is 11.2. The van der Waals surface area contributed by atoms with Crippen LogP contribution in [0.4, 0.5) is 0 Å². The van der Waals surface area contributed by atoms with Crippen LogP contribution in [0.25, 0.3) is 11.4 Å². The zero-order valence-electron chi connectivity index (χ0n) is 10.3. The van der Waals surface area contributed by atoms with Crippen LogP contribution in [-0.2, 0) is 4.79 Å². The van der Waals surface area contributed by atoms with Gasteiger partial charge in [0.05, 0.1) is 5.92 Å². The van der Waals surface area contributed by atoms with Crippen LogP contribution in [0.3, 0.4) is 0 Å². The molecule has 6 heteroatoms. The summed E-state index contributed by atoms with van der Waals surface area (Å²) in [6.45, 7) is 1.45. The van der Waals surface area contributed by atoms with Crippen molar-refractivity contribution < 1.29 is 9.32 Å². The van der Waals surface area contributed by atoms with E-state index in [1.165, 1.54) is 0 Å². The minimum atomic E-state index is 0.211. The van der Waals surface area contributed by atoms with Gasteiger partial charge in [-0.15, -0.1) is 0 Å². The lowest BCUT2D eigenvalue weighted by Crippen LogP contribution is -2.49. The van der Waals surface area contributed by atoms with Crippen molar-refractivity contribution in [3.05, 3.63) is 22.7 Å². The maximum Gasteiger partial charge on any atom is 0.233 e. The van der Waals surface area contributed by atoms with E-state index in [4.69, 9.17) is 4.52 Å². The van der Waals surface area contributed by atoms with Crippen molar-refractivity contribution in [1.29, 1.82) is 0 Å². The van der Waals surface area contributed by atoms with Crippen molar-refractivity contribution in [3.8, 4) is 11.4 Å². The SMILES string of the molecule is O=C(C1CC1)N1CC(c2nc(-c3ccsc3)no2)C1. The Morgan fingerprint density at radius 3 is 2.95 bits per heavy atom. The maximum absolute atomic E-state index is 11.8. The third-order valence-electron chi connectivity index (χ3n) is 3.69. The Morgan fingerprint density at radius 2 is 2.26 bits per heavy atom. The van der Waals surface area contributed by atoms with Crippen LogP contribution in [0.15, 0.2) is 21.3 Å². The summed E-state index contributed by atoms with van der Waals surface area (Å²) < 4.78 is 5.30. The first-order valence-electron chi connectivity index (χ1n) is 6.46. The Labute approximate surface area is 114 Å². The first-order chi connectivity index (χ1) is 9.31. The van der Waals surface area contributed by atoms with Crippen molar-refractivity contribution in [2.75, 3.05) is 13.1 Å². The molecule has 1 aliphatic carbocycles. The first-order valence-corrected chi connectivity index (χ1v) is 7.40. The fraction of sp³-hybridized carbons (Fsp3) is 0.462. The molecule has 0 radical (unpaired) electrons. The summed E-state index contributed by atoms with van der Waals surface area (Å²) in [5.41, 5.74) is 0.991. The summed E-state index contributed by atoms with van der Waals surface area (Å²) in [7, 11) is 0. The van der Waals surface area contributed by atoms with Gasteiger partial charge in [0, 0.05) is 30.0 Å². The van der Waals surface area contributed by atoms with Crippen LogP contribution in [0.2, 0.25) is 0 Å². The van der Waals surface area contributed by atoms with Crippen molar-refractivity contribution in [2.24, 2.45) is 5.92 Å². The molecular weight excluding hydrogens is 262 g/mol. The van der Waals surface area contributed by atoms with Crippen molar-refractivity contribution in [3.63, 3.8) is 0 Å². The molecule has 0 atom stereocenters. The molecule has 2 aliphatic rings. The van der Waals surface area contributed by atoms with Crippen LogP contribution in [0.5, 0.6) is 0 Å². The highest BCUT2D eigenvalue weighted by Crippen LogP contribution is 2.35. The molecule has 0 spiro atoms. The van der Waals surface area contributed by atoms with E-state index in [1.54, 1.807) is 11.3 Å². The summed E-state index contributed by atoms with van der Waals surface area (Å²) in [6.07, 6.45) is 2.12. The lowest BCUT2D eigenvalue weighted by atomic mass is 9.99. The lowest BCUT2D eigenvalue weighted by Gasteiger charge is -2.37. The van der Waals surface area contributed by atoms with E-state index in [0.717, 1.165) is 31.5 Å². The Kier molecular flexibility index (Phi) is 2.44. The van der Waals surface area contributed by atoms with Gasteiger partial charge in [-0.1, -0.05) is 5.16 Å². The van der Waals surface area contributed by atoms with Gasteiger partial charge < -0.3 is 9.42 Å². The molecule has 19 heavy (non-hydrogen) atoms. The number of aromatic nitrogens is 2. The van der Waals surface area contributed by atoms with Gasteiger partial charge in [-0.2, -0.15) is 16.3 Å². The van der Waals surface area contributed by atoms with Crippen molar-refractivity contribution >= 4 is 17.2 Å². The minimum absolute atomic E-state index is 0.211. The molecule has 5 nitrogen and oxygen atoms in total. The Bertz CT molecular complexity index is 597. The minimum Gasteiger partial charge on any atom is -0.341 e. The predicted octanol–water partition coefficient (Wildman–Crippen LogP) is 2.13. The largest absolute Gasteiger partial charge is 0.341 e. The van der Waals surface area contributed by atoms with Gasteiger partial charge in [-0.05, 0) is 24.3 Å². The number of hydrogen-bond acceptors (Lipinski definition) is 5. The van der Waals surface area contributed by atoms with E-state index >= 15 is 0 Å². The Hall–Kier alpha value is -1.69. The number of thiophene rings is 1. The highest BCUT2D eigenvalue weighted by Gasteiger charge is 2.41. The maximum atomic E-state index is 11.8. The lowest BCUT2D eigenvalue weighted by molar-refractivity contribution is -0.137. The quantitative estimate of drug-likeness (QED) is 0.861. The normalized spacial score (nSPS) is 19.5. The van der Waals surface area contributed by atoms with Crippen LogP contribution in [-0.4, -0.2) is 34.0 Å². The number of carbonyl (C=O) groups excluding carboxylic acids is 1. The molecule has 0 N–H and O–H groups in total. The number of nitrogens with zero attached hydrogens (tertiary/aromatic N) is 3. The third-order valence-corrected chi connectivity index (χ3v) is 4.37. The average molecular weight is 275 g/mol. The summed E-state index contributed by atoms with van der Waals surface area (Å²) in [6, 6.07) is 1.98. The third kappa shape index (κ3) is 1.96. The van der Waals surface area contributed by atoms with E-state index in [2.05, 4.69) is 10.1 Å². The second kappa shape index (κ2) is 4.16. The molecule has 0 aromatic carbocycles. The van der Waals surface area contributed by atoms with Crippen LogP contribution in [0, 0.1) is 5.92 Å². The van der Waals surface area contributed by atoms with E-state index in [9.17, 15) is 4.79 Å². The van der Waals surface area contributed by atoms with Gasteiger partial charge in [-0.25, -0.2) is 0 Å². The number of rotatable bonds is 3. The number of hydrogen-bond donors (Lipinski definition) is 0. The Morgan fingerprint density at radius 1 is 1.42 bits per heavy atom. The average Bonchev–Trinajstić information content (AvgIpc) is 2.88. The molecule has 0 bridgehead atoms. The number of likely N-dealkylation sites (tertiary alicyclic amines) is 1. The second-order valence-electron chi connectivity index (χ2n) is 5.18. The summed E-state index contributed by atoms with van der Waals surface area (Å²) in [5.74, 6) is 2.10. The summed E-state index contributed by atoms with van der Waals surface area (Å²) in [5, 5.41) is 7.99. The van der Waals surface area contributed by atoms with Gasteiger partial charge in [0.15, 0.2) is 0 Å². The van der Waals surface area contributed by atoms with Gasteiger partial charge in [0.25, 0.3) is 0 Å². The summed E-state index contributed by atoms with van der Waals surface area (Å²) >= 11 is 1.61. The van der Waals surface area contributed by atoms with E-state index in [-0.39, 0.29) is 5.92 Å². The number of carbonyl (C=O) groups is 1. The van der Waals surface area contributed by atoms with Crippen LogP contribution < -0.4 is 0 Å². The molecule has 2 aromatic heterocycles. The molecule has 1 amide bonds. The molecule has 2 aromatic rings. The van der Waals surface area contributed by atoms with Crippen LogP contribution >= 0.6 is 11.3 Å².